The van der Waals surface area contributed by atoms with Crippen molar-refractivity contribution in [2.75, 3.05) is 12.3 Å². The van der Waals surface area contributed by atoms with Gasteiger partial charge in [-0.2, -0.15) is 0 Å². The van der Waals surface area contributed by atoms with Gasteiger partial charge in [0, 0.05) is 36.5 Å². The second-order valence-electron chi connectivity index (χ2n) is 6.79. The summed E-state index contributed by atoms with van der Waals surface area (Å²) < 4.78 is 7.86. The zero-order valence-corrected chi connectivity index (χ0v) is 19.4. The Morgan fingerprint density at radius 3 is 2.65 bits per heavy atom. The molecule has 3 aromatic carbocycles. The number of tetrazole rings is 1. The molecule has 162 valence electrons. The number of rotatable bonds is 9. The lowest BCUT2D eigenvalue weighted by Gasteiger charge is -2.15. The molecule has 1 aromatic heterocycles. The number of ether oxygens (including phenoxy) is 1. The maximum absolute atomic E-state index is 6.18. The fourth-order valence-corrected chi connectivity index (χ4v) is 4.02. The molecule has 1 heterocycles. The van der Waals surface area contributed by atoms with Crippen LogP contribution in [-0.2, 0) is 20.2 Å². The molecule has 4 aromatic rings. The maximum atomic E-state index is 6.18. The molecule has 0 bridgehead atoms. The van der Waals surface area contributed by atoms with E-state index in [1.807, 2.05) is 31.3 Å². The van der Waals surface area contributed by atoms with E-state index in [0.717, 1.165) is 45.9 Å². The third kappa shape index (κ3) is 6.11. The summed E-state index contributed by atoms with van der Waals surface area (Å²) in [6.07, 6.45) is 0. The van der Waals surface area contributed by atoms with E-state index in [0.29, 0.717) is 6.61 Å². The fourth-order valence-electron chi connectivity index (χ4n) is 3.15. The van der Waals surface area contributed by atoms with Gasteiger partial charge in [-0.15, -0.1) is 17.5 Å². The number of aryl methyl sites for hydroxylation is 1. The highest BCUT2D eigenvalue weighted by Crippen LogP contribution is 2.29. The van der Waals surface area contributed by atoms with Crippen LogP contribution >= 0.6 is 35.8 Å². The fraction of sp³-hybridized carbons (Fsp3) is 0.227. The number of aromatic nitrogens is 4. The van der Waals surface area contributed by atoms with Gasteiger partial charge in [-0.3, -0.25) is 0 Å². The van der Waals surface area contributed by atoms with Crippen molar-refractivity contribution in [3.8, 4) is 5.75 Å². The SMILES string of the molecule is Cl.Cn1nnnc1SCCNCc1c(OCc2ccc(Cl)cc2)ccc2ccccc12. The molecule has 9 heteroatoms. The number of halogens is 2. The molecule has 31 heavy (non-hydrogen) atoms. The molecule has 1 N–H and O–H groups in total. The monoisotopic (exact) mass is 475 g/mol. The molecule has 0 saturated heterocycles. The Hall–Kier alpha value is -2.32. The van der Waals surface area contributed by atoms with Crippen molar-refractivity contribution in [2.45, 2.75) is 18.3 Å². The molecular weight excluding hydrogens is 453 g/mol. The first-order valence-electron chi connectivity index (χ1n) is 9.64. The van der Waals surface area contributed by atoms with Crippen molar-refractivity contribution in [3.63, 3.8) is 0 Å². The Kier molecular flexibility index (Phi) is 8.54. The summed E-state index contributed by atoms with van der Waals surface area (Å²) in [4.78, 5) is 0. The number of hydrogen-bond donors (Lipinski definition) is 1. The minimum absolute atomic E-state index is 0. The first-order chi connectivity index (χ1) is 14.7. The molecule has 0 unspecified atom stereocenters. The number of fused-ring (bicyclic) bond motifs is 1. The van der Waals surface area contributed by atoms with E-state index in [-0.39, 0.29) is 12.4 Å². The molecule has 0 fully saturated rings. The van der Waals surface area contributed by atoms with Gasteiger partial charge < -0.3 is 10.1 Å². The van der Waals surface area contributed by atoms with Crippen LogP contribution in [0.4, 0.5) is 0 Å². The Balaban J connectivity index is 0.00000272. The third-order valence-corrected chi connectivity index (χ3v) is 5.96. The molecular formula is C22H23Cl2N5OS. The summed E-state index contributed by atoms with van der Waals surface area (Å²) >= 11 is 7.61. The zero-order valence-electron chi connectivity index (χ0n) is 17.0. The normalized spacial score (nSPS) is 10.8. The van der Waals surface area contributed by atoms with Gasteiger partial charge in [0.05, 0.1) is 0 Å². The van der Waals surface area contributed by atoms with E-state index in [1.54, 1.807) is 16.4 Å². The van der Waals surface area contributed by atoms with Gasteiger partial charge in [-0.05, 0) is 45.0 Å². The Bertz CT molecular complexity index is 1120. The van der Waals surface area contributed by atoms with Crippen LogP contribution in [0.5, 0.6) is 5.75 Å². The first kappa shape index (κ1) is 23.3. The number of thioether (sulfide) groups is 1. The summed E-state index contributed by atoms with van der Waals surface area (Å²) in [5, 5.41) is 19.0. The quantitative estimate of drug-likeness (QED) is 0.274. The second-order valence-corrected chi connectivity index (χ2v) is 8.29. The molecule has 0 radical (unpaired) electrons. The van der Waals surface area contributed by atoms with Crippen LogP contribution < -0.4 is 10.1 Å². The van der Waals surface area contributed by atoms with Gasteiger partial charge in [0.25, 0.3) is 0 Å². The van der Waals surface area contributed by atoms with Crippen molar-refractivity contribution in [1.29, 1.82) is 0 Å². The highest BCUT2D eigenvalue weighted by molar-refractivity contribution is 7.99. The molecule has 4 rings (SSSR count). The van der Waals surface area contributed by atoms with Gasteiger partial charge in [-0.25, -0.2) is 4.68 Å². The summed E-state index contributed by atoms with van der Waals surface area (Å²) in [6.45, 7) is 2.05. The summed E-state index contributed by atoms with van der Waals surface area (Å²) in [7, 11) is 1.84. The minimum atomic E-state index is 0. The standard InChI is InChI=1S/C22H22ClN5OS.ClH/c1-28-22(25-26-27-28)30-13-12-24-14-20-19-5-3-2-4-17(19)8-11-21(20)29-15-16-6-9-18(23)10-7-16;/h2-11,24H,12-15H2,1H3;1H. The van der Waals surface area contributed by atoms with Crippen LogP contribution in [-0.4, -0.2) is 32.5 Å². The Morgan fingerprint density at radius 1 is 1.06 bits per heavy atom. The van der Waals surface area contributed by atoms with Crippen molar-refractivity contribution >= 4 is 46.5 Å². The van der Waals surface area contributed by atoms with Crippen LogP contribution in [0.15, 0.2) is 65.8 Å². The molecule has 0 spiro atoms. The van der Waals surface area contributed by atoms with Crippen LogP contribution in [0, 0.1) is 0 Å². The van der Waals surface area contributed by atoms with E-state index in [1.165, 1.54) is 10.8 Å². The second kappa shape index (κ2) is 11.3. The number of benzene rings is 3. The zero-order chi connectivity index (χ0) is 20.8. The summed E-state index contributed by atoms with van der Waals surface area (Å²) in [6, 6.07) is 20.3. The highest BCUT2D eigenvalue weighted by Gasteiger charge is 2.10. The molecule has 0 aliphatic rings. The van der Waals surface area contributed by atoms with E-state index in [9.17, 15) is 0 Å². The lowest BCUT2D eigenvalue weighted by atomic mass is 10.0. The lowest BCUT2D eigenvalue weighted by Crippen LogP contribution is -2.17. The van der Waals surface area contributed by atoms with Crippen molar-refractivity contribution in [3.05, 3.63) is 76.8 Å². The number of nitrogens with one attached hydrogen (secondary N) is 1. The predicted molar refractivity (Wildman–Crippen MR) is 128 cm³/mol. The van der Waals surface area contributed by atoms with Crippen LogP contribution in [0.3, 0.4) is 0 Å². The van der Waals surface area contributed by atoms with Gasteiger partial charge in [0.1, 0.15) is 12.4 Å². The Morgan fingerprint density at radius 2 is 1.87 bits per heavy atom. The van der Waals surface area contributed by atoms with E-state index >= 15 is 0 Å². The molecule has 0 saturated carbocycles. The Labute approximate surface area is 196 Å². The van der Waals surface area contributed by atoms with E-state index in [4.69, 9.17) is 16.3 Å². The number of hydrogen-bond acceptors (Lipinski definition) is 6. The van der Waals surface area contributed by atoms with Crippen molar-refractivity contribution in [2.24, 2.45) is 7.05 Å². The van der Waals surface area contributed by atoms with Crippen LogP contribution in [0.25, 0.3) is 10.8 Å². The molecule has 0 atom stereocenters. The lowest BCUT2D eigenvalue weighted by molar-refractivity contribution is 0.303. The van der Waals surface area contributed by atoms with Gasteiger partial charge >= 0.3 is 0 Å². The molecule has 0 aliphatic carbocycles. The molecule has 6 nitrogen and oxygen atoms in total. The third-order valence-electron chi connectivity index (χ3n) is 4.70. The molecule has 0 aliphatic heterocycles. The average Bonchev–Trinajstić information content (AvgIpc) is 3.18. The van der Waals surface area contributed by atoms with Crippen LogP contribution in [0.1, 0.15) is 11.1 Å². The summed E-state index contributed by atoms with van der Waals surface area (Å²) in [5.41, 5.74) is 2.24. The highest BCUT2D eigenvalue weighted by atomic mass is 35.5. The molecule has 0 amide bonds. The maximum Gasteiger partial charge on any atom is 0.209 e. The minimum Gasteiger partial charge on any atom is -0.489 e. The average molecular weight is 476 g/mol. The predicted octanol–water partition coefficient (Wildman–Crippen LogP) is 4.90. The van der Waals surface area contributed by atoms with E-state index in [2.05, 4.69) is 57.2 Å². The summed E-state index contributed by atoms with van der Waals surface area (Å²) in [5.74, 6) is 1.77. The van der Waals surface area contributed by atoms with Crippen molar-refractivity contribution in [1.82, 2.24) is 25.5 Å². The number of nitrogens with zero attached hydrogens (tertiary/aromatic N) is 4. The smallest absolute Gasteiger partial charge is 0.209 e. The van der Waals surface area contributed by atoms with Gasteiger partial charge in [0.15, 0.2) is 0 Å². The van der Waals surface area contributed by atoms with E-state index < -0.39 is 0 Å². The van der Waals surface area contributed by atoms with Crippen LogP contribution in [0.2, 0.25) is 5.02 Å². The van der Waals surface area contributed by atoms with Gasteiger partial charge in [0.2, 0.25) is 5.16 Å². The van der Waals surface area contributed by atoms with Crippen molar-refractivity contribution < 1.29 is 4.74 Å². The largest absolute Gasteiger partial charge is 0.489 e. The first-order valence-corrected chi connectivity index (χ1v) is 11.0. The topological polar surface area (TPSA) is 64.9 Å². The van der Waals surface area contributed by atoms with Gasteiger partial charge in [-0.1, -0.05) is 65.8 Å².